The van der Waals surface area contributed by atoms with Crippen LogP contribution in [0.4, 0.5) is 0 Å². The summed E-state index contributed by atoms with van der Waals surface area (Å²) >= 11 is 1.46. The molecule has 0 unspecified atom stereocenters. The molecule has 29 heavy (non-hydrogen) atoms. The number of ether oxygens (including phenoxy) is 2. The van der Waals surface area contributed by atoms with Crippen LogP contribution in [0, 0.1) is 0 Å². The summed E-state index contributed by atoms with van der Waals surface area (Å²) < 4.78 is 11.4. The van der Waals surface area contributed by atoms with Crippen molar-refractivity contribution in [1.82, 2.24) is 4.90 Å². The first kappa shape index (κ1) is 19.6. The predicted octanol–water partition coefficient (Wildman–Crippen LogP) is 4.73. The molecule has 0 N–H and O–H groups in total. The van der Waals surface area contributed by atoms with Gasteiger partial charge in [-0.2, -0.15) is 4.99 Å². The Bertz CT molecular complexity index is 934. The van der Waals surface area contributed by atoms with Gasteiger partial charge in [0.1, 0.15) is 6.61 Å². The number of hydrogen-bond acceptors (Lipinski definition) is 5. The van der Waals surface area contributed by atoms with E-state index in [2.05, 4.69) is 9.89 Å². The van der Waals surface area contributed by atoms with Gasteiger partial charge >= 0.3 is 0 Å². The van der Waals surface area contributed by atoms with E-state index in [1.165, 1.54) is 18.2 Å². The molecule has 0 saturated carbocycles. The maximum absolute atomic E-state index is 12.4. The minimum Gasteiger partial charge on any atom is -0.493 e. The minimum absolute atomic E-state index is 0.168. The molecule has 1 amide bonds. The third-order valence-corrected chi connectivity index (χ3v) is 6.00. The molecule has 0 aromatic heterocycles. The molecular weight excluding hydrogens is 384 g/mol. The lowest BCUT2D eigenvalue weighted by atomic mass is 10.1. The quantitative estimate of drug-likeness (QED) is 0.670. The molecule has 2 aromatic rings. The molecule has 6 heteroatoms. The van der Waals surface area contributed by atoms with Crippen molar-refractivity contribution in [3.8, 4) is 11.5 Å². The smallest absolute Gasteiger partial charge is 0.286 e. The monoisotopic (exact) mass is 408 g/mol. The Morgan fingerprint density at radius 3 is 2.62 bits per heavy atom. The average molecular weight is 409 g/mol. The maximum atomic E-state index is 12.4. The first-order valence-corrected chi connectivity index (χ1v) is 10.7. The SMILES string of the molecule is COc1cc(C=C2SC(N3CCCCC3)=NC2=O)ccc1OCc1ccccc1. The fraction of sp³-hybridized carbons (Fsp3) is 0.304. The third kappa shape index (κ3) is 4.82. The first-order chi connectivity index (χ1) is 14.2. The summed E-state index contributed by atoms with van der Waals surface area (Å²) in [6.07, 6.45) is 5.45. The van der Waals surface area contributed by atoms with E-state index in [4.69, 9.17) is 9.47 Å². The molecule has 0 atom stereocenters. The number of likely N-dealkylation sites (tertiary alicyclic amines) is 1. The number of carbonyl (C=O) groups is 1. The van der Waals surface area contributed by atoms with Crippen molar-refractivity contribution in [2.45, 2.75) is 25.9 Å². The molecule has 1 fully saturated rings. The molecule has 0 radical (unpaired) electrons. The maximum Gasteiger partial charge on any atom is 0.286 e. The van der Waals surface area contributed by atoms with Gasteiger partial charge in [0.05, 0.1) is 12.0 Å². The lowest BCUT2D eigenvalue weighted by Gasteiger charge is -2.27. The summed E-state index contributed by atoms with van der Waals surface area (Å²) in [6.45, 7) is 2.43. The summed E-state index contributed by atoms with van der Waals surface area (Å²) in [5, 5.41) is 0.829. The van der Waals surface area contributed by atoms with Crippen molar-refractivity contribution in [3.05, 3.63) is 64.6 Å². The highest BCUT2D eigenvalue weighted by atomic mass is 32.2. The van der Waals surface area contributed by atoms with E-state index >= 15 is 0 Å². The molecule has 0 bridgehead atoms. The molecular formula is C23H24N2O3S. The zero-order chi connectivity index (χ0) is 20.1. The Labute approximate surface area is 175 Å². The van der Waals surface area contributed by atoms with E-state index in [1.807, 2.05) is 54.6 Å². The van der Waals surface area contributed by atoms with E-state index in [1.54, 1.807) is 7.11 Å². The molecule has 5 nitrogen and oxygen atoms in total. The Kier molecular flexibility index (Phi) is 6.20. The van der Waals surface area contributed by atoms with Gasteiger partial charge in [-0.15, -0.1) is 0 Å². The highest BCUT2D eigenvalue weighted by Crippen LogP contribution is 2.34. The molecule has 2 aromatic carbocycles. The lowest BCUT2D eigenvalue weighted by Crippen LogP contribution is -2.33. The second-order valence-electron chi connectivity index (χ2n) is 7.04. The van der Waals surface area contributed by atoms with Crippen LogP contribution >= 0.6 is 11.8 Å². The Morgan fingerprint density at radius 2 is 1.86 bits per heavy atom. The Hall–Kier alpha value is -2.73. The lowest BCUT2D eigenvalue weighted by molar-refractivity contribution is -0.113. The van der Waals surface area contributed by atoms with Gasteiger partial charge in [0.2, 0.25) is 0 Å². The molecule has 4 rings (SSSR count). The highest BCUT2D eigenvalue weighted by Gasteiger charge is 2.27. The van der Waals surface area contributed by atoms with Gasteiger partial charge in [-0.05, 0) is 60.4 Å². The standard InChI is InChI=1S/C23H24N2O3S/c1-27-20-14-18(10-11-19(20)28-16-17-8-4-2-5-9-17)15-21-22(26)24-23(29-21)25-12-6-3-7-13-25/h2,4-5,8-11,14-15H,3,6-7,12-13,16H2,1H3. The Balaban J connectivity index is 1.45. The normalized spacial score (nSPS) is 18.1. The van der Waals surface area contributed by atoms with Crippen LogP contribution < -0.4 is 9.47 Å². The van der Waals surface area contributed by atoms with Crippen molar-refractivity contribution >= 4 is 28.9 Å². The molecule has 2 heterocycles. The number of methoxy groups -OCH3 is 1. The van der Waals surface area contributed by atoms with E-state index in [-0.39, 0.29) is 5.91 Å². The first-order valence-electron chi connectivity index (χ1n) is 9.85. The van der Waals surface area contributed by atoms with Crippen LogP contribution in [-0.4, -0.2) is 36.2 Å². The number of rotatable bonds is 5. The molecule has 0 spiro atoms. The summed E-state index contributed by atoms with van der Waals surface area (Å²) in [4.78, 5) is 19.5. The Morgan fingerprint density at radius 1 is 1.07 bits per heavy atom. The number of piperidine rings is 1. The number of hydrogen-bond donors (Lipinski definition) is 0. The fourth-order valence-electron chi connectivity index (χ4n) is 3.40. The summed E-state index contributed by atoms with van der Waals surface area (Å²) in [5.41, 5.74) is 1.98. The van der Waals surface area contributed by atoms with Crippen LogP contribution in [0.5, 0.6) is 11.5 Å². The van der Waals surface area contributed by atoms with Gasteiger partial charge in [0.25, 0.3) is 5.91 Å². The number of amides is 1. The van der Waals surface area contributed by atoms with E-state index < -0.39 is 0 Å². The van der Waals surface area contributed by atoms with E-state index in [0.717, 1.165) is 42.2 Å². The predicted molar refractivity (Wildman–Crippen MR) is 117 cm³/mol. The fourth-order valence-corrected chi connectivity index (χ4v) is 4.36. The zero-order valence-corrected chi connectivity index (χ0v) is 17.3. The molecule has 2 aliphatic heterocycles. The molecule has 0 aliphatic carbocycles. The van der Waals surface area contributed by atoms with Crippen LogP contribution in [0.2, 0.25) is 0 Å². The molecule has 150 valence electrons. The number of amidine groups is 1. The van der Waals surface area contributed by atoms with Crippen LogP contribution in [0.3, 0.4) is 0 Å². The molecule has 2 aliphatic rings. The van der Waals surface area contributed by atoms with Crippen molar-refractivity contribution in [3.63, 3.8) is 0 Å². The number of aliphatic imine (C=N–C) groups is 1. The second kappa shape index (κ2) is 9.18. The number of nitrogens with zero attached hydrogens (tertiary/aromatic N) is 2. The number of thioether (sulfide) groups is 1. The zero-order valence-electron chi connectivity index (χ0n) is 16.5. The van der Waals surface area contributed by atoms with Gasteiger partial charge in [0.15, 0.2) is 16.7 Å². The minimum atomic E-state index is -0.168. The van der Waals surface area contributed by atoms with E-state index in [9.17, 15) is 4.79 Å². The number of benzene rings is 2. The van der Waals surface area contributed by atoms with Crippen LogP contribution in [0.1, 0.15) is 30.4 Å². The molecule has 1 saturated heterocycles. The summed E-state index contributed by atoms with van der Waals surface area (Å²) in [6, 6.07) is 15.7. The average Bonchev–Trinajstić information content (AvgIpc) is 3.14. The summed E-state index contributed by atoms with van der Waals surface area (Å²) in [7, 11) is 1.62. The van der Waals surface area contributed by atoms with E-state index in [0.29, 0.717) is 23.0 Å². The van der Waals surface area contributed by atoms with Crippen LogP contribution in [-0.2, 0) is 11.4 Å². The van der Waals surface area contributed by atoms with Gasteiger partial charge < -0.3 is 14.4 Å². The van der Waals surface area contributed by atoms with Crippen molar-refractivity contribution in [2.24, 2.45) is 4.99 Å². The van der Waals surface area contributed by atoms with Gasteiger partial charge in [-0.1, -0.05) is 36.4 Å². The van der Waals surface area contributed by atoms with Crippen molar-refractivity contribution < 1.29 is 14.3 Å². The van der Waals surface area contributed by atoms with Gasteiger partial charge in [0, 0.05) is 13.1 Å². The topological polar surface area (TPSA) is 51.1 Å². The van der Waals surface area contributed by atoms with Crippen LogP contribution in [0.25, 0.3) is 6.08 Å². The van der Waals surface area contributed by atoms with Gasteiger partial charge in [-0.25, -0.2) is 0 Å². The number of carbonyl (C=O) groups excluding carboxylic acids is 1. The van der Waals surface area contributed by atoms with Crippen molar-refractivity contribution in [2.75, 3.05) is 20.2 Å². The second-order valence-corrected chi connectivity index (χ2v) is 8.05. The van der Waals surface area contributed by atoms with Crippen LogP contribution in [0.15, 0.2) is 58.4 Å². The van der Waals surface area contributed by atoms with Crippen molar-refractivity contribution in [1.29, 1.82) is 0 Å². The van der Waals surface area contributed by atoms with Gasteiger partial charge in [-0.3, -0.25) is 4.79 Å². The largest absolute Gasteiger partial charge is 0.493 e. The highest BCUT2D eigenvalue weighted by molar-refractivity contribution is 8.18. The third-order valence-electron chi connectivity index (χ3n) is 4.96. The summed E-state index contributed by atoms with van der Waals surface area (Å²) in [5.74, 6) is 1.15.